The number of Topliss-reactive ketones (excluding diaryl/α,β-unsaturated/α-hetero) is 1. The Morgan fingerprint density at radius 1 is 1.00 bits per heavy atom. The van der Waals surface area contributed by atoms with Crippen LogP contribution in [0, 0.1) is 10.1 Å². The highest BCUT2D eigenvalue weighted by molar-refractivity contribution is 6.15. The number of methoxy groups -OCH3 is 1. The molecule has 0 N–H and O–H groups in total. The molecule has 1 saturated carbocycles. The van der Waals surface area contributed by atoms with Crippen LogP contribution < -0.4 is 4.74 Å². The van der Waals surface area contributed by atoms with Gasteiger partial charge in [0.05, 0.1) is 12.0 Å². The fourth-order valence-electron chi connectivity index (χ4n) is 2.84. The van der Waals surface area contributed by atoms with Gasteiger partial charge in [0.15, 0.2) is 5.78 Å². The molecule has 5 nitrogen and oxygen atoms in total. The molecule has 0 radical (unpaired) electrons. The summed E-state index contributed by atoms with van der Waals surface area (Å²) in [6.45, 7) is 0. The molecule has 0 aliphatic heterocycles. The Balaban J connectivity index is 1.85. The van der Waals surface area contributed by atoms with Crippen molar-refractivity contribution in [1.29, 1.82) is 0 Å². The highest BCUT2D eigenvalue weighted by atomic mass is 16.6. The van der Waals surface area contributed by atoms with E-state index in [0.29, 0.717) is 24.0 Å². The first kappa shape index (κ1) is 16.6. The smallest absolute Gasteiger partial charge is 0.270 e. The molecule has 3 rings (SSSR count). The van der Waals surface area contributed by atoms with Crippen molar-refractivity contribution >= 4 is 23.6 Å². The number of carbonyl (C=O) groups excluding carboxylic acids is 1. The molecule has 0 bridgehead atoms. The van der Waals surface area contributed by atoms with Gasteiger partial charge in [-0.2, -0.15) is 0 Å². The van der Waals surface area contributed by atoms with Gasteiger partial charge in [0.1, 0.15) is 5.75 Å². The normalized spacial score (nSPS) is 17.2. The van der Waals surface area contributed by atoms with Gasteiger partial charge in [-0.1, -0.05) is 24.3 Å². The van der Waals surface area contributed by atoms with Crippen molar-refractivity contribution in [2.75, 3.05) is 7.11 Å². The highest BCUT2D eigenvalue weighted by Crippen LogP contribution is 2.30. The summed E-state index contributed by atoms with van der Waals surface area (Å²) >= 11 is 0. The van der Waals surface area contributed by atoms with Crippen LogP contribution in [0.15, 0.2) is 59.7 Å². The topological polar surface area (TPSA) is 69.4 Å². The first-order chi connectivity index (χ1) is 12.1. The van der Waals surface area contributed by atoms with E-state index < -0.39 is 4.92 Å². The summed E-state index contributed by atoms with van der Waals surface area (Å²) in [6, 6.07) is 13.8. The van der Waals surface area contributed by atoms with Crippen molar-refractivity contribution in [3.05, 3.63) is 80.9 Å². The standard InChI is InChI=1S/C20H17NO4/c1-25-19-7-3-5-15(13-19)11-17-9-8-16(20(17)22)10-14-4-2-6-18(12-14)21(23)24/h2-7,10-13H,8-9H2,1H3/b16-10+,17-11+. The number of nitro groups is 1. The van der Waals surface area contributed by atoms with Gasteiger partial charge in [-0.15, -0.1) is 0 Å². The van der Waals surface area contributed by atoms with Crippen LogP contribution in [-0.2, 0) is 4.79 Å². The Labute approximate surface area is 145 Å². The second-order valence-electron chi connectivity index (χ2n) is 5.80. The summed E-state index contributed by atoms with van der Waals surface area (Å²) in [5, 5.41) is 10.9. The number of nitro benzene ring substituents is 1. The molecule has 1 aliphatic carbocycles. The summed E-state index contributed by atoms with van der Waals surface area (Å²) in [6.07, 6.45) is 4.91. The van der Waals surface area contributed by atoms with Crippen LogP contribution in [0.2, 0.25) is 0 Å². The maximum atomic E-state index is 12.6. The van der Waals surface area contributed by atoms with Crippen LogP contribution in [0.4, 0.5) is 5.69 Å². The summed E-state index contributed by atoms with van der Waals surface area (Å²) in [5.74, 6) is 0.737. The van der Waals surface area contributed by atoms with E-state index >= 15 is 0 Å². The van der Waals surface area contributed by atoms with Crippen LogP contribution in [0.1, 0.15) is 24.0 Å². The number of carbonyl (C=O) groups is 1. The highest BCUT2D eigenvalue weighted by Gasteiger charge is 2.23. The molecule has 5 heteroatoms. The summed E-state index contributed by atoms with van der Waals surface area (Å²) < 4.78 is 5.20. The maximum absolute atomic E-state index is 12.6. The number of ether oxygens (including phenoxy) is 1. The zero-order chi connectivity index (χ0) is 17.8. The zero-order valence-corrected chi connectivity index (χ0v) is 13.8. The first-order valence-electron chi connectivity index (χ1n) is 7.91. The molecule has 1 fully saturated rings. The van der Waals surface area contributed by atoms with E-state index in [-0.39, 0.29) is 11.5 Å². The van der Waals surface area contributed by atoms with Crippen molar-refractivity contribution in [3.63, 3.8) is 0 Å². The number of allylic oxidation sites excluding steroid dienone is 2. The molecule has 0 aromatic heterocycles. The first-order valence-corrected chi connectivity index (χ1v) is 7.91. The van der Waals surface area contributed by atoms with E-state index in [1.54, 1.807) is 25.3 Å². The summed E-state index contributed by atoms with van der Waals surface area (Å²) in [7, 11) is 1.60. The van der Waals surface area contributed by atoms with Gasteiger partial charge in [0.2, 0.25) is 0 Å². The van der Waals surface area contributed by atoms with Crippen molar-refractivity contribution in [2.24, 2.45) is 0 Å². The predicted octanol–water partition coefficient (Wildman–Crippen LogP) is 4.43. The lowest BCUT2D eigenvalue weighted by molar-refractivity contribution is -0.384. The van der Waals surface area contributed by atoms with Crippen LogP contribution in [-0.4, -0.2) is 17.8 Å². The zero-order valence-electron chi connectivity index (χ0n) is 13.8. The molecule has 0 spiro atoms. The van der Waals surface area contributed by atoms with Gasteiger partial charge in [-0.05, 0) is 48.3 Å². The Hall–Kier alpha value is -3.21. The van der Waals surface area contributed by atoms with Crippen LogP contribution >= 0.6 is 0 Å². The van der Waals surface area contributed by atoms with Gasteiger partial charge in [0.25, 0.3) is 5.69 Å². The molecule has 2 aromatic rings. The average molecular weight is 335 g/mol. The monoisotopic (exact) mass is 335 g/mol. The van der Waals surface area contributed by atoms with E-state index in [2.05, 4.69) is 0 Å². The summed E-state index contributed by atoms with van der Waals surface area (Å²) in [4.78, 5) is 23.0. The number of non-ortho nitro benzene ring substituents is 1. The quantitative estimate of drug-likeness (QED) is 0.471. The lowest BCUT2D eigenvalue weighted by atomic mass is 10.1. The van der Waals surface area contributed by atoms with Crippen LogP contribution in [0.5, 0.6) is 5.75 Å². The third kappa shape index (κ3) is 3.83. The molecular formula is C20H17NO4. The van der Waals surface area contributed by atoms with Gasteiger partial charge >= 0.3 is 0 Å². The predicted molar refractivity (Wildman–Crippen MR) is 96.3 cm³/mol. The van der Waals surface area contributed by atoms with Crippen molar-refractivity contribution in [2.45, 2.75) is 12.8 Å². The molecule has 0 saturated heterocycles. The van der Waals surface area contributed by atoms with Gasteiger partial charge < -0.3 is 4.74 Å². The fourth-order valence-corrected chi connectivity index (χ4v) is 2.84. The second kappa shape index (κ2) is 7.13. The van der Waals surface area contributed by atoms with Crippen molar-refractivity contribution in [1.82, 2.24) is 0 Å². The molecule has 2 aromatic carbocycles. The van der Waals surface area contributed by atoms with Gasteiger partial charge in [-0.25, -0.2) is 0 Å². The Kier molecular flexibility index (Phi) is 4.75. The molecule has 0 atom stereocenters. The molecule has 1 aliphatic rings. The Morgan fingerprint density at radius 3 is 2.20 bits per heavy atom. The maximum Gasteiger partial charge on any atom is 0.270 e. The van der Waals surface area contributed by atoms with Crippen molar-refractivity contribution in [3.8, 4) is 5.75 Å². The molecule has 0 amide bonds. The minimum absolute atomic E-state index is 0.00525. The molecule has 0 unspecified atom stereocenters. The minimum atomic E-state index is -0.438. The number of benzene rings is 2. The second-order valence-corrected chi connectivity index (χ2v) is 5.80. The Morgan fingerprint density at radius 2 is 1.60 bits per heavy atom. The van der Waals surface area contributed by atoms with E-state index in [1.807, 2.05) is 30.3 Å². The molecular weight excluding hydrogens is 318 g/mol. The number of nitrogens with zero attached hydrogens (tertiary/aromatic N) is 1. The molecule has 0 heterocycles. The largest absolute Gasteiger partial charge is 0.497 e. The van der Waals surface area contributed by atoms with E-state index in [1.165, 1.54) is 12.1 Å². The van der Waals surface area contributed by atoms with Crippen molar-refractivity contribution < 1.29 is 14.5 Å². The molecule has 25 heavy (non-hydrogen) atoms. The average Bonchev–Trinajstić information content (AvgIpc) is 2.95. The van der Waals surface area contributed by atoms with Gasteiger partial charge in [0, 0.05) is 23.3 Å². The van der Waals surface area contributed by atoms with Gasteiger partial charge in [-0.3, -0.25) is 14.9 Å². The summed E-state index contributed by atoms with van der Waals surface area (Å²) in [5.41, 5.74) is 3.02. The third-order valence-corrected chi connectivity index (χ3v) is 4.10. The minimum Gasteiger partial charge on any atom is -0.497 e. The SMILES string of the molecule is COc1cccc(/C=C2\CC/C(=C\c3cccc([N+](=O)[O-])c3)C2=O)c1. The third-order valence-electron chi connectivity index (χ3n) is 4.10. The van der Waals surface area contributed by atoms with Crippen LogP contribution in [0.25, 0.3) is 12.2 Å². The Bertz CT molecular complexity index is 896. The molecule has 126 valence electrons. The van der Waals surface area contributed by atoms with Crippen LogP contribution in [0.3, 0.4) is 0 Å². The van der Waals surface area contributed by atoms with E-state index in [9.17, 15) is 14.9 Å². The number of hydrogen-bond donors (Lipinski definition) is 0. The number of hydrogen-bond acceptors (Lipinski definition) is 4. The van der Waals surface area contributed by atoms with E-state index in [0.717, 1.165) is 16.9 Å². The fraction of sp³-hybridized carbons (Fsp3) is 0.150. The lowest BCUT2D eigenvalue weighted by Gasteiger charge is -2.01. The number of rotatable bonds is 4. The number of ketones is 1. The lowest BCUT2D eigenvalue weighted by Crippen LogP contribution is -1.96. The van der Waals surface area contributed by atoms with E-state index in [4.69, 9.17) is 4.74 Å².